The minimum atomic E-state index is -0.242. The Morgan fingerprint density at radius 1 is 1.38 bits per heavy atom. The zero-order valence-electron chi connectivity index (χ0n) is 9.95. The molecule has 3 heteroatoms. The molecule has 1 heterocycles. The van der Waals surface area contributed by atoms with Gasteiger partial charge in [0.15, 0.2) is 0 Å². The lowest BCUT2D eigenvalue weighted by molar-refractivity contribution is -0.134. The number of nitrogens with two attached hydrogens (primary N) is 1. The first-order valence-corrected chi connectivity index (χ1v) is 6.49. The monoisotopic (exact) mass is 222 g/mol. The van der Waals surface area contributed by atoms with Crippen molar-refractivity contribution in [2.45, 2.75) is 51.0 Å². The van der Waals surface area contributed by atoms with Gasteiger partial charge in [-0.05, 0) is 44.9 Å². The van der Waals surface area contributed by atoms with Gasteiger partial charge in [-0.3, -0.25) is 4.79 Å². The normalized spacial score (nSPS) is 26.8. The molecule has 0 aromatic heterocycles. The molecule has 0 spiro atoms. The Bertz CT molecular complexity index is 286. The Morgan fingerprint density at radius 2 is 2.25 bits per heavy atom. The molecule has 0 bridgehead atoms. The maximum Gasteiger partial charge on any atom is 0.239 e. The van der Waals surface area contributed by atoms with Gasteiger partial charge < -0.3 is 10.6 Å². The van der Waals surface area contributed by atoms with Crippen molar-refractivity contribution >= 4 is 5.91 Å². The Kier molecular flexibility index (Phi) is 3.99. The lowest BCUT2D eigenvalue weighted by atomic mass is 9.96. The van der Waals surface area contributed by atoms with E-state index < -0.39 is 0 Å². The van der Waals surface area contributed by atoms with E-state index in [9.17, 15) is 4.79 Å². The fraction of sp³-hybridized carbons (Fsp3) is 0.769. The van der Waals surface area contributed by atoms with E-state index in [2.05, 4.69) is 6.08 Å². The number of nitrogens with zero attached hydrogens (tertiary/aromatic N) is 1. The highest BCUT2D eigenvalue weighted by atomic mass is 16.2. The molecule has 16 heavy (non-hydrogen) atoms. The first-order valence-electron chi connectivity index (χ1n) is 6.49. The van der Waals surface area contributed by atoms with E-state index in [0.717, 1.165) is 32.4 Å². The number of carbonyl (C=O) groups excluding carboxylic acids is 1. The fourth-order valence-corrected chi connectivity index (χ4v) is 2.60. The number of allylic oxidation sites excluding steroid dienone is 1. The summed E-state index contributed by atoms with van der Waals surface area (Å²) in [6.45, 7) is 1.78. The summed E-state index contributed by atoms with van der Waals surface area (Å²) in [5.74, 6) is 0.155. The number of carbonyl (C=O) groups is 1. The van der Waals surface area contributed by atoms with Crippen molar-refractivity contribution in [2.24, 2.45) is 5.73 Å². The van der Waals surface area contributed by atoms with E-state index in [0.29, 0.717) is 0 Å². The molecule has 0 aromatic carbocycles. The standard InChI is InChI=1S/C13H22N2O/c14-12-7-4-9-15(13(12)16)10-8-11-5-2-1-3-6-11/h5,12H,1-4,6-10,14H2. The Balaban J connectivity index is 1.80. The summed E-state index contributed by atoms with van der Waals surface area (Å²) in [5.41, 5.74) is 7.31. The summed E-state index contributed by atoms with van der Waals surface area (Å²) in [7, 11) is 0. The topological polar surface area (TPSA) is 46.3 Å². The van der Waals surface area contributed by atoms with Gasteiger partial charge in [0.05, 0.1) is 6.04 Å². The predicted octanol–water partition coefficient (Wildman–Crippen LogP) is 1.83. The van der Waals surface area contributed by atoms with Gasteiger partial charge in [0, 0.05) is 13.1 Å². The van der Waals surface area contributed by atoms with Gasteiger partial charge in [-0.15, -0.1) is 0 Å². The third-order valence-electron chi connectivity index (χ3n) is 3.66. The van der Waals surface area contributed by atoms with Crippen LogP contribution in [-0.4, -0.2) is 29.9 Å². The molecule has 1 fully saturated rings. The summed E-state index contributed by atoms with van der Waals surface area (Å²) < 4.78 is 0. The molecule has 1 atom stereocenters. The van der Waals surface area contributed by atoms with Crippen molar-refractivity contribution in [3.05, 3.63) is 11.6 Å². The summed E-state index contributed by atoms with van der Waals surface area (Å²) in [5, 5.41) is 0. The highest BCUT2D eigenvalue weighted by molar-refractivity contribution is 5.82. The zero-order chi connectivity index (χ0) is 11.4. The summed E-state index contributed by atoms with van der Waals surface area (Å²) >= 11 is 0. The molecular formula is C13H22N2O. The quantitative estimate of drug-likeness (QED) is 0.740. The van der Waals surface area contributed by atoms with Crippen LogP contribution in [0.25, 0.3) is 0 Å². The molecule has 2 N–H and O–H groups in total. The highest BCUT2D eigenvalue weighted by Crippen LogP contribution is 2.21. The van der Waals surface area contributed by atoms with Crippen LogP contribution in [0.4, 0.5) is 0 Å². The molecule has 2 rings (SSSR count). The van der Waals surface area contributed by atoms with E-state index >= 15 is 0 Å². The van der Waals surface area contributed by atoms with Crippen LogP contribution in [0.2, 0.25) is 0 Å². The van der Waals surface area contributed by atoms with Crippen molar-refractivity contribution in [1.82, 2.24) is 4.90 Å². The van der Waals surface area contributed by atoms with Crippen LogP contribution in [0.1, 0.15) is 44.9 Å². The number of likely N-dealkylation sites (tertiary alicyclic amines) is 1. The largest absolute Gasteiger partial charge is 0.341 e. The van der Waals surface area contributed by atoms with Crippen LogP contribution in [0.5, 0.6) is 0 Å². The van der Waals surface area contributed by atoms with Crippen LogP contribution in [0.15, 0.2) is 11.6 Å². The first kappa shape index (κ1) is 11.6. The molecule has 0 radical (unpaired) electrons. The first-order chi connectivity index (χ1) is 7.77. The third kappa shape index (κ3) is 2.85. The number of piperidine rings is 1. The Morgan fingerprint density at radius 3 is 3.00 bits per heavy atom. The summed E-state index contributed by atoms with van der Waals surface area (Å²) in [6, 6.07) is -0.242. The predicted molar refractivity (Wildman–Crippen MR) is 65.0 cm³/mol. The van der Waals surface area contributed by atoms with Gasteiger partial charge >= 0.3 is 0 Å². The second-order valence-corrected chi connectivity index (χ2v) is 4.93. The average molecular weight is 222 g/mol. The number of rotatable bonds is 3. The number of amides is 1. The van der Waals surface area contributed by atoms with Gasteiger partial charge in [-0.1, -0.05) is 11.6 Å². The molecule has 0 aromatic rings. The molecule has 1 saturated heterocycles. The fourth-order valence-electron chi connectivity index (χ4n) is 2.60. The van der Waals surface area contributed by atoms with Gasteiger partial charge in [0.25, 0.3) is 0 Å². The minimum Gasteiger partial charge on any atom is -0.341 e. The van der Waals surface area contributed by atoms with Crippen LogP contribution in [0, 0.1) is 0 Å². The van der Waals surface area contributed by atoms with Crippen LogP contribution in [-0.2, 0) is 4.79 Å². The van der Waals surface area contributed by atoms with Gasteiger partial charge in [0.1, 0.15) is 0 Å². The third-order valence-corrected chi connectivity index (χ3v) is 3.66. The molecule has 0 saturated carbocycles. The van der Waals surface area contributed by atoms with Gasteiger partial charge in [-0.2, -0.15) is 0 Å². The van der Waals surface area contributed by atoms with Crippen LogP contribution in [0.3, 0.4) is 0 Å². The summed E-state index contributed by atoms with van der Waals surface area (Å²) in [6.07, 6.45) is 10.4. The van der Waals surface area contributed by atoms with Crippen molar-refractivity contribution < 1.29 is 4.79 Å². The van der Waals surface area contributed by atoms with Crippen molar-refractivity contribution in [2.75, 3.05) is 13.1 Å². The lowest BCUT2D eigenvalue weighted by Gasteiger charge is -2.31. The average Bonchev–Trinajstić information content (AvgIpc) is 2.32. The van der Waals surface area contributed by atoms with E-state index in [1.165, 1.54) is 31.3 Å². The lowest BCUT2D eigenvalue weighted by Crippen LogP contribution is -2.48. The molecule has 1 amide bonds. The van der Waals surface area contributed by atoms with Crippen molar-refractivity contribution in [3.8, 4) is 0 Å². The number of hydrogen-bond acceptors (Lipinski definition) is 2. The maximum atomic E-state index is 11.8. The molecule has 90 valence electrons. The van der Waals surface area contributed by atoms with Crippen molar-refractivity contribution in [3.63, 3.8) is 0 Å². The van der Waals surface area contributed by atoms with E-state index in [1.54, 1.807) is 0 Å². The Labute approximate surface area is 97.7 Å². The maximum absolute atomic E-state index is 11.8. The van der Waals surface area contributed by atoms with Gasteiger partial charge in [-0.25, -0.2) is 0 Å². The van der Waals surface area contributed by atoms with E-state index in [1.807, 2.05) is 4.90 Å². The zero-order valence-corrected chi connectivity index (χ0v) is 9.95. The molecule has 1 unspecified atom stereocenters. The molecule has 1 aliphatic carbocycles. The molecule has 2 aliphatic rings. The second kappa shape index (κ2) is 5.48. The van der Waals surface area contributed by atoms with Crippen LogP contribution >= 0.6 is 0 Å². The van der Waals surface area contributed by atoms with E-state index in [4.69, 9.17) is 5.73 Å². The Hall–Kier alpha value is -0.830. The SMILES string of the molecule is NC1CCCN(CCC2=CCCCC2)C1=O. The molecular weight excluding hydrogens is 200 g/mol. The smallest absolute Gasteiger partial charge is 0.239 e. The number of hydrogen-bond donors (Lipinski definition) is 1. The second-order valence-electron chi connectivity index (χ2n) is 4.93. The van der Waals surface area contributed by atoms with Crippen molar-refractivity contribution in [1.29, 1.82) is 0 Å². The van der Waals surface area contributed by atoms with E-state index in [-0.39, 0.29) is 11.9 Å². The van der Waals surface area contributed by atoms with Gasteiger partial charge in [0.2, 0.25) is 5.91 Å². The van der Waals surface area contributed by atoms with Crippen LogP contribution < -0.4 is 5.73 Å². The molecule has 3 nitrogen and oxygen atoms in total. The molecule has 1 aliphatic heterocycles. The highest BCUT2D eigenvalue weighted by Gasteiger charge is 2.25. The summed E-state index contributed by atoms with van der Waals surface area (Å²) in [4.78, 5) is 13.7. The minimum absolute atomic E-state index is 0.155.